The number of carbonyl (C=O) groups excluding carboxylic acids is 1. The van der Waals surface area contributed by atoms with Gasteiger partial charge in [0.05, 0.1) is 10.5 Å². The first-order valence-electron chi connectivity index (χ1n) is 5.44. The molecule has 2 rings (SSSR count). The van der Waals surface area contributed by atoms with Gasteiger partial charge >= 0.3 is 0 Å². The molecule has 0 saturated carbocycles. The number of aromatic nitrogens is 1. The van der Waals surface area contributed by atoms with Crippen molar-refractivity contribution >= 4 is 22.9 Å². The number of nitro groups is 1. The Morgan fingerprint density at radius 1 is 1.47 bits per heavy atom. The summed E-state index contributed by atoms with van der Waals surface area (Å²) in [6, 6.07) is 4.40. The Labute approximate surface area is 112 Å². The van der Waals surface area contributed by atoms with Gasteiger partial charge in [-0.15, -0.1) is 11.3 Å². The van der Waals surface area contributed by atoms with Gasteiger partial charge in [0.15, 0.2) is 4.80 Å². The smallest absolute Gasteiger partial charge is 0.280 e. The molecular weight excluding hydrogens is 266 g/mol. The summed E-state index contributed by atoms with van der Waals surface area (Å²) >= 11 is 1.33. The normalized spacial score (nSPS) is 11.6. The molecule has 0 spiro atoms. The van der Waals surface area contributed by atoms with E-state index in [-0.39, 0.29) is 11.3 Å². The first-order chi connectivity index (χ1) is 9.00. The fourth-order valence-corrected chi connectivity index (χ4v) is 2.36. The molecule has 19 heavy (non-hydrogen) atoms. The average Bonchev–Trinajstić information content (AvgIpc) is 2.74. The Kier molecular flexibility index (Phi) is 3.57. The summed E-state index contributed by atoms with van der Waals surface area (Å²) in [4.78, 5) is 26.9. The molecule has 0 fully saturated rings. The second kappa shape index (κ2) is 5.15. The van der Waals surface area contributed by atoms with E-state index in [9.17, 15) is 14.9 Å². The summed E-state index contributed by atoms with van der Waals surface area (Å²) < 4.78 is 1.72. The number of nitro benzene ring substituents is 1. The van der Waals surface area contributed by atoms with Gasteiger partial charge in [0.25, 0.3) is 11.6 Å². The van der Waals surface area contributed by atoms with Crippen molar-refractivity contribution < 1.29 is 9.72 Å². The molecular formula is C12H11N3O3S. The third-order valence-corrected chi connectivity index (χ3v) is 3.54. The van der Waals surface area contributed by atoms with Crippen molar-refractivity contribution in [3.63, 3.8) is 0 Å². The van der Waals surface area contributed by atoms with Crippen LogP contribution in [0.25, 0.3) is 0 Å². The van der Waals surface area contributed by atoms with Crippen LogP contribution in [0.15, 0.2) is 34.8 Å². The van der Waals surface area contributed by atoms with E-state index in [0.717, 1.165) is 0 Å². The Hall–Kier alpha value is -2.28. The maximum Gasteiger partial charge on any atom is 0.280 e. The zero-order valence-electron chi connectivity index (χ0n) is 10.4. The number of thiazole rings is 1. The maximum atomic E-state index is 12.1. The summed E-state index contributed by atoms with van der Waals surface area (Å²) in [6.07, 6.45) is 1.79. The molecule has 0 atom stereocenters. The molecule has 1 aromatic carbocycles. The number of carbonyl (C=O) groups is 1. The van der Waals surface area contributed by atoms with Crippen LogP contribution in [0.2, 0.25) is 0 Å². The minimum Gasteiger partial charge on any atom is -0.327 e. The Morgan fingerprint density at radius 2 is 2.21 bits per heavy atom. The molecule has 0 unspecified atom stereocenters. The molecule has 0 aliphatic carbocycles. The van der Waals surface area contributed by atoms with Crippen LogP contribution in [0.4, 0.5) is 5.69 Å². The molecule has 7 heteroatoms. The van der Waals surface area contributed by atoms with Gasteiger partial charge in [0.1, 0.15) is 0 Å². The number of hydrogen-bond donors (Lipinski definition) is 0. The van der Waals surface area contributed by atoms with Crippen molar-refractivity contribution in [2.24, 2.45) is 12.0 Å². The first kappa shape index (κ1) is 13.2. The zero-order valence-corrected chi connectivity index (χ0v) is 11.2. The number of nitrogens with zero attached hydrogens (tertiary/aromatic N) is 3. The highest BCUT2D eigenvalue weighted by molar-refractivity contribution is 7.07. The van der Waals surface area contributed by atoms with E-state index in [1.54, 1.807) is 30.8 Å². The van der Waals surface area contributed by atoms with E-state index in [0.29, 0.717) is 10.4 Å². The molecule has 0 N–H and O–H groups in total. The predicted molar refractivity (Wildman–Crippen MR) is 71.0 cm³/mol. The molecule has 1 aromatic heterocycles. The fourth-order valence-electron chi connectivity index (χ4n) is 1.63. The number of aryl methyl sites for hydroxylation is 1. The van der Waals surface area contributed by atoms with Crippen LogP contribution in [0, 0.1) is 17.0 Å². The number of hydrogen-bond acceptors (Lipinski definition) is 4. The lowest BCUT2D eigenvalue weighted by atomic mass is 10.1. The van der Waals surface area contributed by atoms with Gasteiger partial charge in [-0.1, -0.05) is 6.07 Å². The summed E-state index contributed by atoms with van der Waals surface area (Å²) in [7, 11) is 1.78. The van der Waals surface area contributed by atoms with Gasteiger partial charge in [0, 0.05) is 30.3 Å². The van der Waals surface area contributed by atoms with Crippen LogP contribution >= 0.6 is 11.3 Å². The van der Waals surface area contributed by atoms with E-state index in [1.165, 1.54) is 23.5 Å². The molecule has 0 saturated heterocycles. The van der Waals surface area contributed by atoms with Crippen molar-refractivity contribution in [3.8, 4) is 0 Å². The van der Waals surface area contributed by atoms with E-state index in [4.69, 9.17) is 0 Å². The van der Waals surface area contributed by atoms with Crippen molar-refractivity contribution in [1.82, 2.24) is 4.57 Å². The van der Waals surface area contributed by atoms with E-state index >= 15 is 0 Å². The molecule has 0 aliphatic rings. The minimum atomic E-state index is -0.503. The first-order valence-corrected chi connectivity index (χ1v) is 6.32. The third-order valence-electron chi connectivity index (χ3n) is 2.69. The lowest BCUT2D eigenvalue weighted by molar-refractivity contribution is -0.385. The molecule has 98 valence electrons. The molecule has 0 aliphatic heterocycles. The van der Waals surface area contributed by atoms with Crippen molar-refractivity contribution in [3.05, 3.63) is 55.8 Å². The van der Waals surface area contributed by atoms with Crippen LogP contribution in [0.1, 0.15) is 15.9 Å². The quantitative estimate of drug-likeness (QED) is 0.622. The summed E-state index contributed by atoms with van der Waals surface area (Å²) in [5.41, 5.74) is 0.514. The van der Waals surface area contributed by atoms with Crippen LogP contribution in [-0.2, 0) is 7.05 Å². The second-order valence-corrected chi connectivity index (χ2v) is 4.79. The van der Waals surface area contributed by atoms with E-state index in [2.05, 4.69) is 4.99 Å². The highest BCUT2D eigenvalue weighted by Gasteiger charge is 2.17. The van der Waals surface area contributed by atoms with Gasteiger partial charge in [0.2, 0.25) is 0 Å². The summed E-state index contributed by atoms with van der Waals surface area (Å²) in [5.74, 6) is -0.473. The van der Waals surface area contributed by atoms with Crippen molar-refractivity contribution in [2.75, 3.05) is 0 Å². The number of benzene rings is 1. The van der Waals surface area contributed by atoms with Crippen LogP contribution in [0.3, 0.4) is 0 Å². The molecule has 1 heterocycles. The van der Waals surface area contributed by atoms with Gasteiger partial charge in [-0.25, -0.2) is 0 Å². The Bertz CT molecular complexity index is 715. The molecule has 6 nitrogen and oxygen atoms in total. The average molecular weight is 277 g/mol. The van der Waals surface area contributed by atoms with E-state index < -0.39 is 10.8 Å². The van der Waals surface area contributed by atoms with Crippen LogP contribution in [-0.4, -0.2) is 15.4 Å². The molecule has 2 aromatic rings. The molecule has 0 bridgehead atoms. The van der Waals surface area contributed by atoms with Crippen LogP contribution < -0.4 is 4.80 Å². The number of rotatable bonds is 2. The van der Waals surface area contributed by atoms with Crippen molar-refractivity contribution in [1.29, 1.82) is 0 Å². The largest absolute Gasteiger partial charge is 0.327 e. The Morgan fingerprint density at radius 3 is 2.79 bits per heavy atom. The van der Waals surface area contributed by atoms with Crippen LogP contribution in [0.5, 0.6) is 0 Å². The Balaban J connectivity index is 2.49. The van der Waals surface area contributed by atoms with Crippen molar-refractivity contribution in [2.45, 2.75) is 6.92 Å². The zero-order chi connectivity index (χ0) is 14.0. The van der Waals surface area contributed by atoms with Gasteiger partial charge < -0.3 is 4.57 Å². The molecule has 1 amide bonds. The maximum absolute atomic E-state index is 12.1. The highest BCUT2D eigenvalue weighted by atomic mass is 32.1. The van der Waals surface area contributed by atoms with Gasteiger partial charge in [-0.2, -0.15) is 4.99 Å². The highest BCUT2D eigenvalue weighted by Crippen LogP contribution is 2.21. The standard InChI is InChI=1S/C12H11N3O3S/c1-8-9(4-3-5-10(8)15(17)18)11(16)13-12-14(2)6-7-19-12/h3-7H,1-2H3. The molecule has 0 radical (unpaired) electrons. The van der Waals surface area contributed by atoms with E-state index in [1.807, 2.05) is 5.38 Å². The van der Waals surface area contributed by atoms with Gasteiger partial charge in [-0.05, 0) is 13.0 Å². The minimum absolute atomic E-state index is 0.0726. The summed E-state index contributed by atoms with van der Waals surface area (Å²) in [5, 5.41) is 12.6. The second-order valence-electron chi connectivity index (χ2n) is 3.92. The topological polar surface area (TPSA) is 77.5 Å². The SMILES string of the molecule is Cc1c(C(=O)N=c2sccn2C)cccc1[N+](=O)[O-]. The lowest BCUT2D eigenvalue weighted by Gasteiger charge is -2.01. The summed E-state index contributed by atoms with van der Waals surface area (Å²) in [6.45, 7) is 1.55. The monoisotopic (exact) mass is 277 g/mol. The lowest BCUT2D eigenvalue weighted by Crippen LogP contribution is -2.13. The predicted octanol–water partition coefficient (Wildman–Crippen LogP) is 2.04. The third kappa shape index (κ3) is 2.60. The van der Waals surface area contributed by atoms with Gasteiger partial charge in [-0.3, -0.25) is 14.9 Å². The fraction of sp³-hybridized carbons (Fsp3) is 0.167. The number of amides is 1.